The Bertz CT molecular complexity index is 242. The summed E-state index contributed by atoms with van der Waals surface area (Å²) in [6.45, 7) is 3.74. The summed E-state index contributed by atoms with van der Waals surface area (Å²) in [5, 5.41) is 3.04. The Morgan fingerprint density at radius 2 is 2.27 bits per heavy atom. The molecule has 0 aliphatic heterocycles. The number of ether oxygens (including phenoxy) is 1. The molecule has 0 heterocycles. The largest absolute Gasteiger partial charge is 0.383 e. The quantitative estimate of drug-likeness (QED) is 0.701. The SMILES string of the molecule is CCN(CCOC)C(=O)C(=S)NC1CC1. The lowest BCUT2D eigenvalue weighted by atomic mass is 10.4. The average Bonchev–Trinajstić information content (AvgIpc) is 3.02. The van der Waals surface area contributed by atoms with E-state index in [4.69, 9.17) is 17.0 Å². The molecule has 0 aromatic heterocycles. The molecule has 4 nitrogen and oxygen atoms in total. The zero-order chi connectivity index (χ0) is 11.3. The highest BCUT2D eigenvalue weighted by Crippen LogP contribution is 2.18. The second kappa shape index (κ2) is 6.02. The normalized spacial score (nSPS) is 14.8. The lowest BCUT2D eigenvalue weighted by Gasteiger charge is -2.21. The smallest absolute Gasteiger partial charge is 0.281 e. The molecule has 1 saturated carbocycles. The van der Waals surface area contributed by atoms with Crippen LogP contribution in [0.3, 0.4) is 0 Å². The Labute approximate surface area is 96.0 Å². The topological polar surface area (TPSA) is 41.6 Å². The molecule has 1 N–H and O–H groups in total. The molecule has 0 aromatic carbocycles. The molecular weight excluding hydrogens is 212 g/mol. The summed E-state index contributed by atoms with van der Waals surface area (Å²) < 4.78 is 4.94. The van der Waals surface area contributed by atoms with Gasteiger partial charge in [-0.15, -0.1) is 0 Å². The van der Waals surface area contributed by atoms with Gasteiger partial charge in [0.15, 0.2) is 4.99 Å². The van der Waals surface area contributed by atoms with Crippen LogP contribution in [0.1, 0.15) is 19.8 Å². The van der Waals surface area contributed by atoms with E-state index < -0.39 is 0 Å². The summed E-state index contributed by atoms with van der Waals surface area (Å²) in [5.74, 6) is -0.0866. The molecule has 15 heavy (non-hydrogen) atoms. The molecule has 0 saturated heterocycles. The zero-order valence-electron chi connectivity index (χ0n) is 9.28. The molecule has 1 amide bonds. The van der Waals surface area contributed by atoms with E-state index in [1.165, 1.54) is 0 Å². The number of carbonyl (C=O) groups is 1. The van der Waals surface area contributed by atoms with Crippen LogP contribution < -0.4 is 5.32 Å². The van der Waals surface area contributed by atoms with Crippen molar-refractivity contribution in [3.8, 4) is 0 Å². The molecule has 0 radical (unpaired) electrons. The van der Waals surface area contributed by atoms with Gasteiger partial charge in [0.25, 0.3) is 5.91 Å². The highest BCUT2D eigenvalue weighted by atomic mass is 32.1. The fourth-order valence-electron chi connectivity index (χ4n) is 1.22. The first-order valence-corrected chi connectivity index (χ1v) is 5.68. The van der Waals surface area contributed by atoms with Crippen LogP contribution in [-0.2, 0) is 9.53 Å². The summed E-state index contributed by atoms with van der Waals surface area (Å²) in [6, 6.07) is 0.433. The maximum Gasteiger partial charge on any atom is 0.281 e. The van der Waals surface area contributed by atoms with Gasteiger partial charge < -0.3 is 15.0 Å². The van der Waals surface area contributed by atoms with E-state index in [1.807, 2.05) is 6.92 Å². The van der Waals surface area contributed by atoms with Crippen molar-refractivity contribution in [1.29, 1.82) is 0 Å². The van der Waals surface area contributed by atoms with Crippen LogP contribution in [0.15, 0.2) is 0 Å². The minimum absolute atomic E-state index is 0.0866. The Morgan fingerprint density at radius 3 is 2.73 bits per heavy atom. The molecular formula is C10H18N2O2S. The molecule has 1 rings (SSSR count). The van der Waals surface area contributed by atoms with E-state index in [-0.39, 0.29) is 5.91 Å². The summed E-state index contributed by atoms with van der Waals surface area (Å²) >= 11 is 5.04. The van der Waals surface area contributed by atoms with Crippen LogP contribution >= 0.6 is 12.2 Å². The van der Waals surface area contributed by atoms with Crippen molar-refractivity contribution in [3.63, 3.8) is 0 Å². The fourth-order valence-corrected chi connectivity index (χ4v) is 1.52. The lowest BCUT2D eigenvalue weighted by molar-refractivity contribution is -0.124. The Kier molecular flexibility index (Phi) is 4.98. The number of methoxy groups -OCH3 is 1. The number of thiocarbonyl (C=S) groups is 1. The summed E-state index contributed by atoms with van der Waals surface area (Å²) in [6.07, 6.45) is 2.25. The van der Waals surface area contributed by atoms with Gasteiger partial charge >= 0.3 is 0 Å². The molecule has 0 aromatic rings. The number of likely N-dealkylation sites (N-methyl/N-ethyl adjacent to an activating group) is 1. The van der Waals surface area contributed by atoms with Gasteiger partial charge in [-0.05, 0) is 19.8 Å². The molecule has 86 valence electrons. The average molecular weight is 230 g/mol. The monoisotopic (exact) mass is 230 g/mol. The number of nitrogens with one attached hydrogen (secondary N) is 1. The van der Waals surface area contributed by atoms with Crippen LogP contribution in [0.2, 0.25) is 0 Å². The maximum absolute atomic E-state index is 11.8. The van der Waals surface area contributed by atoms with Crippen molar-refractivity contribution in [1.82, 2.24) is 10.2 Å². The molecule has 0 bridgehead atoms. The minimum atomic E-state index is -0.0866. The summed E-state index contributed by atoms with van der Waals surface area (Å²) in [4.78, 5) is 13.8. The van der Waals surface area contributed by atoms with Crippen LogP contribution in [0.5, 0.6) is 0 Å². The molecule has 0 atom stereocenters. The van der Waals surface area contributed by atoms with Crippen molar-refractivity contribution < 1.29 is 9.53 Å². The van der Waals surface area contributed by atoms with Crippen LogP contribution in [0, 0.1) is 0 Å². The van der Waals surface area contributed by atoms with Gasteiger partial charge in [0.05, 0.1) is 6.61 Å². The van der Waals surface area contributed by atoms with Crippen molar-refractivity contribution in [2.45, 2.75) is 25.8 Å². The second-order valence-corrected chi connectivity index (χ2v) is 4.03. The number of nitrogens with zero attached hydrogens (tertiary/aromatic N) is 1. The zero-order valence-corrected chi connectivity index (χ0v) is 10.1. The first-order valence-electron chi connectivity index (χ1n) is 5.27. The minimum Gasteiger partial charge on any atom is -0.383 e. The third-order valence-corrected chi connectivity index (χ3v) is 2.63. The van der Waals surface area contributed by atoms with E-state index in [2.05, 4.69) is 5.32 Å². The van der Waals surface area contributed by atoms with Gasteiger partial charge in [0, 0.05) is 26.2 Å². The van der Waals surface area contributed by atoms with E-state index in [0.29, 0.717) is 30.7 Å². The number of carbonyl (C=O) groups excluding carboxylic acids is 1. The number of hydrogen-bond donors (Lipinski definition) is 1. The third kappa shape index (κ3) is 4.13. The van der Waals surface area contributed by atoms with Crippen LogP contribution in [-0.4, -0.2) is 48.6 Å². The first kappa shape index (κ1) is 12.4. The molecule has 0 unspecified atom stereocenters. The van der Waals surface area contributed by atoms with Crippen molar-refractivity contribution in [3.05, 3.63) is 0 Å². The van der Waals surface area contributed by atoms with Crippen LogP contribution in [0.25, 0.3) is 0 Å². The van der Waals surface area contributed by atoms with Crippen LogP contribution in [0.4, 0.5) is 0 Å². The van der Waals surface area contributed by atoms with E-state index in [1.54, 1.807) is 12.0 Å². The lowest BCUT2D eigenvalue weighted by Crippen LogP contribution is -2.43. The van der Waals surface area contributed by atoms with Gasteiger partial charge in [-0.1, -0.05) is 12.2 Å². The van der Waals surface area contributed by atoms with E-state index >= 15 is 0 Å². The Morgan fingerprint density at radius 1 is 1.60 bits per heavy atom. The Hall–Kier alpha value is -0.680. The van der Waals surface area contributed by atoms with Crippen molar-refractivity contribution in [2.24, 2.45) is 0 Å². The third-order valence-electron chi connectivity index (χ3n) is 2.34. The highest BCUT2D eigenvalue weighted by Gasteiger charge is 2.25. The fraction of sp³-hybridized carbons (Fsp3) is 0.800. The predicted molar refractivity (Wildman–Crippen MR) is 62.9 cm³/mol. The first-order chi connectivity index (χ1) is 7.19. The molecule has 1 aliphatic rings. The summed E-state index contributed by atoms with van der Waals surface area (Å²) in [5.41, 5.74) is 0. The highest BCUT2D eigenvalue weighted by molar-refractivity contribution is 7.82. The predicted octanol–water partition coefficient (Wildman–Crippen LogP) is 0.561. The molecule has 1 aliphatic carbocycles. The van der Waals surface area contributed by atoms with Gasteiger partial charge in [-0.3, -0.25) is 4.79 Å². The van der Waals surface area contributed by atoms with Gasteiger partial charge in [0.2, 0.25) is 0 Å². The van der Waals surface area contributed by atoms with Gasteiger partial charge in [-0.2, -0.15) is 0 Å². The van der Waals surface area contributed by atoms with E-state index in [9.17, 15) is 4.79 Å². The number of hydrogen-bond acceptors (Lipinski definition) is 3. The van der Waals surface area contributed by atoms with Crippen molar-refractivity contribution in [2.75, 3.05) is 26.8 Å². The van der Waals surface area contributed by atoms with E-state index in [0.717, 1.165) is 12.8 Å². The molecule has 1 fully saturated rings. The standard InChI is InChI=1S/C10H18N2O2S/c1-3-12(6-7-14-2)10(13)9(15)11-8-4-5-8/h8H,3-7H2,1-2H3,(H,11,15). The second-order valence-electron chi connectivity index (χ2n) is 3.63. The van der Waals surface area contributed by atoms with Gasteiger partial charge in [-0.25, -0.2) is 0 Å². The van der Waals surface area contributed by atoms with Crippen molar-refractivity contribution >= 4 is 23.1 Å². The number of rotatable bonds is 5. The maximum atomic E-state index is 11.8. The summed E-state index contributed by atoms with van der Waals surface area (Å²) in [7, 11) is 1.62. The molecule has 5 heteroatoms. The molecule has 0 spiro atoms. The number of amides is 1. The van der Waals surface area contributed by atoms with Gasteiger partial charge in [0.1, 0.15) is 0 Å². The Balaban J connectivity index is 2.35.